The van der Waals surface area contributed by atoms with Crippen LogP contribution in [0.25, 0.3) is 0 Å². The van der Waals surface area contributed by atoms with Crippen LogP contribution in [-0.4, -0.2) is 54.6 Å². The third-order valence-corrected chi connectivity index (χ3v) is 4.13. The minimum absolute atomic E-state index is 0.0474. The number of halogens is 1. The Morgan fingerprint density at radius 1 is 1.43 bits per heavy atom. The average molecular weight is 324 g/mol. The first kappa shape index (κ1) is 17.5. The van der Waals surface area contributed by atoms with E-state index in [9.17, 15) is 9.18 Å². The molecule has 2 amide bonds. The van der Waals surface area contributed by atoms with Crippen molar-refractivity contribution in [3.63, 3.8) is 0 Å². The highest BCUT2D eigenvalue weighted by Crippen LogP contribution is 2.25. The Bertz CT molecular complexity index is 532. The van der Waals surface area contributed by atoms with E-state index in [1.54, 1.807) is 0 Å². The smallest absolute Gasteiger partial charge is 0.317 e. The number of aryl methyl sites for hydroxylation is 2. The van der Waals surface area contributed by atoms with E-state index >= 15 is 0 Å². The van der Waals surface area contributed by atoms with Crippen LogP contribution >= 0.6 is 0 Å². The van der Waals surface area contributed by atoms with Crippen LogP contribution in [0.5, 0.6) is 5.75 Å². The molecule has 6 heteroatoms. The molecule has 5 nitrogen and oxygen atoms in total. The molecule has 128 valence electrons. The lowest BCUT2D eigenvalue weighted by Crippen LogP contribution is -2.41. The first-order valence-electron chi connectivity index (χ1n) is 7.97. The number of ether oxygens (including phenoxy) is 1. The van der Waals surface area contributed by atoms with Gasteiger partial charge in [-0.15, -0.1) is 0 Å². The number of nitrogens with zero attached hydrogens (tertiary/aromatic N) is 1. The van der Waals surface area contributed by atoms with Gasteiger partial charge < -0.3 is 20.1 Å². The van der Waals surface area contributed by atoms with Crippen LogP contribution in [0.4, 0.5) is 9.18 Å². The quantitative estimate of drug-likeness (QED) is 0.789. The Morgan fingerprint density at radius 2 is 2.13 bits per heavy atom. The minimum atomic E-state index is -1.65. The van der Waals surface area contributed by atoms with Crippen molar-refractivity contribution >= 4 is 6.03 Å². The molecule has 0 spiro atoms. The van der Waals surface area contributed by atoms with E-state index < -0.39 is 12.3 Å². The summed E-state index contributed by atoms with van der Waals surface area (Å²) >= 11 is 0. The molecule has 0 aliphatic carbocycles. The third-order valence-electron chi connectivity index (χ3n) is 4.13. The van der Waals surface area contributed by atoms with Crippen molar-refractivity contribution in [1.29, 1.82) is 0 Å². The molecule has 2 rings (SSSR count). The average Bonchev–Trinajstić information content (AvgIpc) is 2.93. The molecule has 1 aromatic carbocycles. The summed E-state index contributed by atoms with van der Waals surface area (Å²) in [6, 6.07) is 5.71. The standard InChI is InChI=1S/C17H25FN2O3/c1-13-5-3-6-14(2)15(13)23-10-4-8-19-16(22)20-9-7-17(18,11-20)12-21/h3,5-6,21H,4,7-12H2,1-2H3,(H,19,22). The van der Waals surface area contributed by atoms with Gasteiger partial charge in [0.15, 0.2) is 5.67 Å². The van der Waals surface area contributed by atoms with Gasteiger partial charge in [-0.3, -0.25) is 0 Å². The van der Waals surface area contributed by atoms with Crippen molar-refractivity contribution in [2.45, 2.75) is 32.4 Å². The summed E-state index contributed by atoms with van der Waals surface area (Å²) in [6.07, 6.45) is 0.862. The summed E-state index contributed by atoms with van der Waals surface area (Å²) < 4.78 is 19.6. The van der Waals surface area contributed by atoms with Gasteiger partial charge in [0.2, 0.25) is 0 Å². The summed E-state index contributed by atoms with van der Waals surface area (Å²) in [5, 5.41) is 11.7. The molecule has 0 radical (unpaired) electrons. The molecule has 1 heterocycles. The lowest BCUT2D eigenvalue weighted by atomic mass is 10.1. The first-order valence-corrected chi connectivity index (χ1v) is 7.97. The van der Waals surface area contributed by atoms with Crippen LogP contribution in [0.2, 0.25) is 0 Å². The van der Waals surface area contributed by atoms with Gasteiger partial charge in [-0.25, -0.2) is 9.18 Å². The van der Waals surface area contributed by atoms with Gasteiger partial charge in [-0.2, -0.15) is 0 Å². The number of nitrogens with one attached hydrogen (secondary N) is 1. The van der Waals surface area contributed by atoms with Crippen LogP contribution < -0.4 is 10.1 Å². The lowest BCUT2D eigenvalue weighted by molar-refractivity contribution is 0.0805. The molecule has 1 unspecified atom stereocenters. The van der Waals surface area contributed by atoms with Crippen LogP contribution in [-0.2, 0) is 0 Å². The number of hydrogen-bond acceptors (Lipinski definition) is 3. The summed E-state index contributed by atoms with van der Waals surface area (Å²) in [6.45, 7) is 4.73. The van der Waals surface area contributed by atoms with Gasteiger partial charge in [-0.1, -0.05) is 18.2 Å². The number of carbonyl (C=O) groups excluding carboxylic acids is 1. The molecule has 1 saturated heterocycles. The molecule has 0 bridgehead atoms. The van der Waals surface area contributed by atoms with E-state index in [2.05, 4.69) is 5.32 Å². The zero-order valence-electron chi connectivity index (χ0n) is 13.8. The molecular formula is C17H25FN2O3. The number of urea groups is 1. The van der Waals surface area contributed by atoms with Crippen molar-refractivity contribution < 1.29 is 19.0 Å². The van der Waals surface area contributed by atoms with Crippen LogP contribution in [0, 0.1) is 13.8 Å². The number of benzene rings is 1. The molecule has 1 fully saturated rings. The van der Waals surface area contributed by atoms with Crippen molar-refractivity contribution in [2.24, 2.45) is 0 Å². The maximum Gasteiger partial charge on any atom is 0.317 e. The SMILES string of the molecule is Cc1cccc(C)c1OCCCNC(=O)N1CCC(F)(CO)C1. The predicted molar refractivity (Wildman–Crippen MR) is 86.5 cm³/mol. The Balaban J connectivity index is 1.67. The summed E-state index contributed by atoms with van der Waals surface area (Å²) in [5.41, 5.74) is 0.534. The second kappa shape index (κ2) is 7.64. The van der Waals surface area contributed by atoms with Gasteiger partial charge in [-0.05, 0) is 31.4 Å². The van der Waals surface area contributed by atoms with E-state index in [0.717, 1.165) is 16.9 Å². The molecule has 1 aliphatic heterocycles. The Hall–Kier alpha value is -1.82. The van der Waals surface area contributed by atoms with Crippen molar-refractivity contribution in [3.8, 4) is 5.75 Å². The van der Waals surface area contributed by atoms with E-state index in [4.69, 9.17) is 9.84 Å². The van der Waals surface area contributed by atoms with E-state index in [-0.39, 0.29) is 19.0 Å². The number of para-hydroxylation sites is 1. The zero-order valence-corrected chi connectivity index (χ0v) is 13.8. The fourth-order valence-corrected chi connectivity index (χ4v) is 2.72. The molecule has 0 aromatic heterocycles. The highest BCUT2D eigenvalue weighted by Gasteiger charge is 2.39. The first-order chi connectivity index (χ1) is 10.9. The normalized spacial score (nSPS) is 20.6. The second-order valence-electron chi connectivity index (χ2n) is 6.14. The maximum absolute atomic E-state index is 13.9. The predicted octanol–water partition coefficient (Wildman–Crippen LogP) is 2.19. The zero-order chi connectivity index (χ0) is 16.9. The van der Waals surface area contributed by atoms with Gasteiger partial charge in [0.25, 0.3) is 0 Å². The monoisotopic (exact) mass is 324 g/mol. The number of amides is 2. The minimum Gasteiger partial charge on any atom is -0.493 e. The number of hydrogen-bond donors (Lipinski definition) is 2. The number of rotatable bonds is 6. The number of likely N-dealkylation sites (tertiary alicyclic amines) is 1. The summed E-state index contributed by atoms with van der Waals surface area (Å²) in [7, 11) is 0. The van der Waals surface area contributed by atoms with Crippen LogP contribution in [0.15, 0.2) is 18.2 Å². The lowest BCUT2D eigenvalue weighted by Gasteiger charge is -2.19. The second-order valence-corrected chi connectivity index (χ2v) is 6.14. The fourth-order valence-electron chi connectivity index (χ4n) is 2.72. The highest BCUT2D eigenvalue weighted by molar-refractivity contribution is 5.74. The molecule has 1 aromatic rings. The van der Waals surface area contributed by atoms with Crippen LogP contribution in [0.3, 0.4) is 0 Å². The number of carbonyl (C=O) groups is 1. The van der Waals surface area contributed by atoms with Crippen LogP contribution in [0.1, 0.15) is 24.0 Å². The van der Waals surface area contributed by atoms with Crippen molar-refractivity contribution in [2.75, 3.05) is 32.8 Å². The maximum atomic E-state index is 13.9. The highest BCUT2D eigenvalue weighted by atomic mass is 19.1. The topological polar surface area (TPSA) is 61.8 Å². The third kappa shape index (κ3) is 4.58. The molecule has 0 saturated carbocycles. The fraction of sp³-hybridized carbons (Fsp3) is 0.588. The van der Waals surface area contributed by atoms with Gasteiger partial charge in [0.05, 0.1) is 19.8 Å². The van der Waals surface area contributed by atoms with Gasteiger partial charge in [0.1, 0.15) is 5.75 Å². The molecule has 23 heavy (non-hydrogen) atoms. The van der Waals surface area contributed by atoms with Crippen molar-refractivity contribution in [1.82, 2.24) is 10.2 Å². The molecule has 2 N–H and O–H groups in total. The van der Waals surface area contributed by atoms with E-state index in [0.29, 0.717) is 26.1 Å². The van der Waals surface area contributed by atoms with Crippen molar-refractivity contribution in [3.05, 3.63) is 29.3 Å². The number of aliphatic hydroxyl groups excluding tert-OH is 1. The molecule has 1 aliphatic rings. The summed E-state index contributed by atoms with van der Waals surface area (Å²) in [4.78, 5) is 13.3. The van der Waals surface area contributed by atoms with Gasteiger partial charge in [0, 0.05) is 19.5 Å². The Morgan fingerprint density at radius 3 is 2.74 bits per heavy atom. The Kier molecular flexibility index (Phi) is 5.82. The van der Waals surface area contributed by atoms with E-state index in [1.165, 1.54) is 4.90 Å². The molecular weight excluding hydrogens is 299 g/mol. The Labute approximate surface area is 136 Å². The number of aliphatic hydroxyl groups is 1. The van der Waals surface area contributed by atoms with E-state index in [1.807, 2.05) is 32.0 Å². The number of alkyl halides is 1. The summed E-state index contributed by atoms with van der Waals surface area (Å²) in [5.74, 6) is 0.892. The largest absolute Gasteiger partial charge is 0.493 e. The van der Waals surface area contributed by atoms with Gasteiger partial charge >= 0.3 is 6.03 Å². The molecule has 1 atom stereocenters.